The summed E-state index contributed by atoms with van der Waals surface area (Å²) in [6.07, 6.45) is 8.91. The zero-order valence-corrected chi connectivity index (χ0v) is 16.0. The van der Waals surface area contributed by atoms with E-state index in [4.69, 9.17) is 0 Å². The number of carbonyl (C=O) groups is 1. The van der Waals surface area contributed by atoms with Crippen LogP contribution in [0.5, 0.6) is 0 Å². The van der Waals surface area contributed by atoms with Crippen LogP contribution < -0.4 is 10.6 Å². The van der Waals surface area contributed by atoms with Crippen molar-refractivity contribution in [2.75, 3.05) is 5.32 Å². The first-order chi connectivity index (χ1) is 12.6. The Morgan fingerprint density at radius 3 is 2.77 bits per heavy atom. The molecule has 0 aliphatic heterocycles. The number of carbonyl (C=O) groups excluding carboxylic acids is 1. The third-order valence-corrected chi connectivity index (χ3v) is 5.08. The Hall–Kier alpha value is -2.38. The first kappa shape index (κ1) is 18.4. The summed E-state index contributed by atoms with van der Waals surface area (Å²) in [5.41, 5.74) is 2.59. The van der Waals surface area contributed by atoms with E-state index >= 15 is 0 Å². The Morgan fingerprint density at radius 2 is 2.04 bits per heavy atom. The van der Waals surface area contributed by atoms with Crippen molar-refractivity contribution >= 4 is 11.7 Å². The van der Waals surface area contributed by atoms with Crippen LogP contribution in [-0.2, 0) is 13.1 Å². The second-order valence-electron chi connectivity index (χ2n) is 7.02. The molecule has 0 aromatic carbocycles. The van der Waals surface area contributed by atoms with Gasteiger partial charge in [0.1, 0.15) is 6.33 Å². The minimum absolute atomic E-state index is 0.245. The number of rotatable bonds is 6. The average molecular weight is 359 g/mol. The zero-order valence-electron chi connectivity index (χ0n) is 16.0. The van der Waals surface area contributed by atoms with Gasteiger partial charge in [0.2, 0.25) is 0 Å². The SMILES string of the molecule is CCCn1nc(C)c(NC(=O)NCc2nncn2C2CCCCC2)c1C. The molecule has 8 nitrogen and oxygen atoms in total. The number of nitrogens with zero attached hydrogens (tertiary/aromatic N) is 5. The summed E-state index contributed by atoms with van der Waals surface area (Å²) < 4.78 is 4.06. The van der Waals surface area contributed by atoms with Crippen molar-refractivity contribution < 1.29 is 4.79 Å². The van der Waals surface area contributed by atoms with Gasteiger partial charge in [0, 0.05) is 12.6 Å². The molecule has 2 amide bonds. The van der Waals surface area contributed by atoms with E-state index in [-0.39, 0.29) is 6.03 Å². The number of hydrogen-bond acceptors (Lipinski definition) is 4. The number of aromatic nitrogens is 5. The third-order valence-electron chi connectivity index (χ3n) is 5.08. The lowest BCUT2D eigenvalue weighted by atomic mass is 9.95. The quantitative estimate of drug-likeness (QED) is 0.828. The second-order valence-corrected chi connectivity index (χ2v) is 7.02. The molecule has 2 N–H and O–H groups in total. The van der Waals surface area contributed by atoms with Crippen molar-refractivity contribution in [3.63, 3.8) is 0 Å². The van der Waals surface area contributed by atoms with Gasteiger partial charge < -0.3 is 15.2 Å². The first-order valence-corrected chi connectivity index (χ1v) is 9.57. The lowest BCUT2D eigenvalue weighted by molar-refractivity contribution is 0.251. The number of aryl methyl sites for hydroxylation is 2. The molecule has 1 saturated carbocycles. The monoisotopic (exact) mass is 359 g/mol. The van der Waals surface area contributed by atoms with Gasteiger partial charge in [-0.2, -0.15) is 5.10 Å². The molecule has 26 heavy (non-hydrogen) atoms. The van der Waals surface area contributed by atoms with Crippen LogP contribution in [-0.4, -0.2) is 30.6 Å². The minimum atomic E-state index is -0.245. The van der Waals surface area contributed by atoms with Gasteiger partial charge in [-0.25, -0.2) is 4.79 Å². The average Bonchev–Trinajstić information content (AvgIpc) is 3.21. The fourth-order valence-electron chi connectivity index (χ4n) is 3.68. The summed E-state index contributed by atoms with van der Waals surface area (Å²) in [6.45, 7) is 7.21. The van der Waals surface area contributed by atoms with Gasteiger partial charge in [0.05, 0.1) is 23.6 Å². The van der Waals surface area contributed by atoms with Crippen LogP contribution >= 0.6 is 0 Å². The number of nitrogens with one attached hydrogen (secondary N) is 2. The van der Waals surface area contributed by atoms with Crippen molar-refractivity contribution in [1.82, 2.24) is 29.9 Å². The van der Waals surface area contributed by atoms with Crippen molar-refractivity contribution in [1.29, 1.82) is 0 Å². The van der Waals surface area contributed by atoms with Crippen molar-refractivity contribution in [2.45, 2.75) is 78.4 Å². The summed E-state index contributed by atoms with van der Waals surface area (Å²) in [5, 5.41) is 18.5. The van der Waals surface area contributed by atoms with E-state index in [1.165, 1.54) is 19.3 Å². The molecular formula is C18H29N7O. The van der Waals surface area contributed by atoms with E-state index in [1.807, 2.05) is 18.5 Å². The molecule has 1 aliphatic carbocycles. The largest absolute Gasteiger partial charge is 0.331 e. The number of urea groups is 1. The van der Waals surface area contributed by atoms with Gasteiger partial charge in [-0.15, -0.1) is 10.2 Å². The highest BCUT2D eigenvalue weighted by atomic mass is 16.2. The molecular weight excluding hydrogens is 330 g/mol. The molecule has 2 heterocycles. The summed E-state index contributed by atoms with van der Waals surface area (Å²) >= 11 is 0. The molecule has 8 heteroatoms. The van der Waals surface area contributed by atoms with E-state index < -0.39 is 0 Å². The minimum Gasteiger partial charge on any atom is -0.331 e. The molecule has 3 rings (SSSR count). The van der Waals surface area contributed by atoms with Gasteiger partial charge in [-0.3, -0.25) is 4.68 Å². The maximum atomic E-state index is 12.4. The van der Waals surface area contributed by atoms with Gasteiger partial charge in [-0.1, -0.05) is 26.2 Å². The maximum absolute atomic E-state index is 12.4. The van der Waals surface area contributed by atoms with Crippen molar-refractivity contribution in [3.8, 4) is 0 Å². The van der Waals surface area contributed by atoms with Gasteiger partial charge in [0.25, 0.3) is 0 Å². The Bertz CT molecular complexity index is 743. The van der Waals surface area contributed by atoms with Crippen LogP contribution in [0, 0.1) is 13.8 Å². The summed E-state index contributed by atoms with van der Waals surface area (Å²) in [6, 6.07) is 0.209. The standard InChI is InChI=1S/C18H29N7O/c1-4-10-25-14(3)17(13(2)23-25)21-18(26)19-11-16-22-20-12-24(16)15-8-6-5-7-9-15/h12,15H,4-11H2,1-3H3,(H2,19,21,26). The molecule has 1 aliphatic rings. The second kappa shape index (κ2) is 8.33. The zero-order chi connectivity index (χ0) is 18.5. The lowest BCUT2D eigenvalue weighted by Gasteiger charge is -2.24. The summed E-state index contributed by atoms with van der Waals surface area (Å²) in [7, 11) is 0. The van der Waals surface area contributed by atoms with Crippen LogP contribution in [0.1, 0.15) is 68.7 Å². The van der Waals surface area contributed by atoms with Crippen LogP contribution in [0.2, 0.25) is 0 Å². The van der Waals surface area contributed by atoms with Crippen LogP contribution in [0.15, 0.2) is 6.33 Å². The van der Waals surface area contributed by atoms with Crippen LogP contribution in [0.25, 0.3) is 0 Å². The predicted molar refractivity (Wildman–Crippen MR) is 100.0 cm³/mol. The molecule has 2 aromatic heterocycles. The highest BCUT2D eigenvalue weighted by molar-refractivity contribution is 5.90. The molecule has 2 aromatic rings. The topological polar surface area (TPSA) is 89.7 Å². The third kappa shape index (κ3) is 4.05. The van der Waals surface area contributed by atoms with E-state index in [0.29, 0.717) is 12.6 Å². The molecule has 0 atom stereocenters. The number of amides is 2. The highest BCUT2D eigenvalue weighted by Crippen LogP contribution is 2.28. The number of anilines is 1. The Kier molecular flexibility index (Phi) is 5.90. The molecule has 0 radical (unpaired) electrons. The Balaban J connectivity index is 1.59. The molecule has 0 unspecified atom stereocenters. The molecule has 0 saturated heterocycles. The van der Waals surface area contributed by atoms with E-state index in [9.17, 15) is 4.79 Å². The van der Waals surface area contributed by atoms with Crippen LogP contribution in [0.4, 0.5) is 10.5 Å². The molecule has 0 bridgehead atoms. The molecule has 0 spiro atoms. The summed E-state index contributed by atoms with van der Waals surface area (Å²) in [4.78, 5) is 12.4. The van der Waals surface area contributed by atoms with Gasteiger partial charge in [-0.05, 0) is 33.1 Å². The molecule has 1 fully saturated rings. The fourth-order valence-corrected chi connectivity index (χ4v) is 3.68. The lowest BCUT2D eigenvalue weighted by Crippen LogP contribution is -2.30. The van der Waals surface area contributed by atoms with Crippen molar-refractivity contribution in [3.05, 3.63) is 23.5 Å². The fraction of sp³-hybridized carbons (Fsp3) is 0.667. The van der Waals surface area contributed by atoms with Crippen molar-refractivity contribution in [2.24, 2.45) is 0 Å². The maximum Gasteiger partial charge on any atom is 0.319 e. The molecule has 142 valence electrons. The number of hydrogen-bond donors (Lipinski definition) is 2. The van der Waals surface area contributed by atoms with Gasteiger partial charge in [0.15, 0.2) is 5.82 Å². The normalized spacial score (nSPS) is 15.2. The van der Waals surface area contributed by atoms with Gasteiger partial charge >= 0.3 is 6.03 Å². The van der Waals surface area contributed by atoms with Crippen LogP contribution in [0.3, 0.4) is 0 Å². The Morgan fingerprint density at radius 1 is 1.27 bits per heavy atom. The predicted octanol–water partition coefficient (Wildman–Crippen LogP) is 3.33. The first-order valence-electron chi connectivity index (χ1n) is 9.57. The van der Waals surface area contributed by atoms with E-state index in [0.717, 1.165) is 48.7 Å². The van der Waals surface area contributed by atoms with E-state index in [2.05, 4.69) is 37.4 Å². The van der Waals surface area contributed by atoms with E-state index in [1.54, 1.807) is 6.33 Å². The summed E-state index contributed by atoms with van der Waals surface area (Å²) in [5.74, 6) is 0.808. The Labute approximate surface area is 154 Å². The smallest absolute Gasteiger partial charge is 0.319 e. The highest BCUT2D eigenvalue weighted by Gasteiger charge is 2.19.